The van der Waals surface area contributed by atoms with E-state index in [1.54, 1.807) is 13.3 Å². The normalized spacial score (nSPS) is 12.3. The lowest BCUT2D eigenvalue weighted by molar-refractivity contribution is -0.136. The average molecular weight is 250 g/mol. The zero-order valence-corrected chi connectivity index (χ0v) is 11.6. The van der Waals surface area contributed by atoms with Crippen molar-refractivity contribution in [3.8, 4) is 11.8 Å². The Bertz CT molecular complexity index is 384. The second-order valence-corrected chi connectivity index (χ2v) is 3.75. The summed E-state index contributed by atoms with van der Waals surface area (Å²) in [6.07, 6.45) is 2.68. The molecule has 4 heteroatoms. The van der Waals surface area contributed by atoms with Gasteiger partial charge in [-0.1, -0.05) is 32.3 Å². The molecular formula is C14H22N2O2. The van der Waals surface area contributed by atoms with Crippen LogP contribution in [-0.2, 0) is 9.53 Å². The van der Waals surface area contributed by atoms with E-state index in [4.69, 9.17) is 10.5 Å². The van der Waals surface area contributed by atoms with Gasteiger partial charge in [0.15, 0.2) is 0 Å². The number of rotatable bonds is 5. The summed E-state index contributed by atoms with van der Waals surface area (Å²) in [5.41, 5.74) is 6.55. The van der Waals surface area contributed by atoms with E-state index in [0.29, 0.717) is 24.1 Å². The second-order valence-electron chi connectivity index (χ2n) is 3.75. The average Bonchev–Trinajstić information content (AvgIpc) is 2.32. The van der Waals surface area contributed by atoms with Gasteiger partial charge < -0.3 is 10.5 Å². The van der Waals surface area contributed by atoms with Crippen LogP contribution in [0.3, 0.4) is 0 Å². The number of carbonyl (C=O) groups is 1. The van der Waals surface area contributed by atoms with Crippen molar-refractivity contribution >= 4 is 5.91 Å². The maximum Gasteiger partial charge on any atom is 0.225 e. The SMILES string of the molecule is C=C(N)/C(C#CCC)=C\N(C(C)=O)[C@@H](CC)OC. The number of allylic oxidation sites excluding steroid dienone is 1. The minimum atomic E-state index is -0.319. The van der Waals surface area contributed by atoms with Crippen LogP contribution in [0.4, 0.5) is 0 Å². The van der Waals surface area contributed by atoms with Crippen LogP contribution in [0, 0.1) is 11.8 Å². The third-order valence-corrected chi connectivity index (χ3v) is 2.31. The Kier molecular flexibility index (Phi) is 7.57. The molecule has 4 nitrogen and oxygen atoms in total. The lowest BCUT2D eigenvalue weighted by Gasteiger charge is -2.26. The van der Waals surface area contributed by atoms with Gasteiger partial charge in [-0.25, -0.2) is 0 Å². The summed E-state index contributed by atoms with van der Waals surface area (Å²) < 4.78 is 5.25. The third-order valence-electron chi connectivity index (χ3n) is 2.31. The van der Waals surface area contributed by atoms with E-state index >= 15 is 0 Å². The van der Waals surface area contributed by atoms with Crippen molar-refractivity contribution in [2.75, 3.05) is 7.11 Å². The Morgan fingerprint density at radius 2 is 2.17 bits per heavy atom. The van der Waals surface area contributed by atoms with E-state index in [1.807, 2.05) is 13.8 Å². The Morgan fingerprint density at radius 3 is 2.50 bits per heavy atom. The van der Waals surface area contributed by atoms with Crippen LogP contribution in [0.5, 0.6) is 0 Å². The van der Waals surface area contributed by atoms with Gasteiger partial charge in [0.25, 0.3) is 0 Å². The molecule has 0 fully saturated rings. The van der Waals surface area contributed by atoms with Crippen LogP contribution in [0.15, 0.2) is 24.0 Å². The number of hydrogen-bond acceptors (Lipinski definition) is 3. The lowest BCUT2D eigenvalue weighted by atomic mass is 10.2. The Balaban J connectivity index is 5.34. The maximum absolute atomic E-state index is 11.6. The van der Waals surface area contributed by atoms with Crippen molar-refractivity contribution in [2.24, 2.45) is 5.73 Å². The van der Waals surface area contributed by atoms with Crippen LogP contribution in [0.25, 0.3) is 0 Å². The minimum Gasteiger partial charge on any atom is -0.398 e. The molecule has 0 bridgehead atoms. The van der Waals surface area contributed by atoms with Gasteiger partial charge in [-0.15, -0.1) is 0 Å². The highest BCUT2D eigenvalue weighted by Crippen LogP contribution is 2.11. The van der Waals surface area contributed by atoms with Crippen molar-refractivity contribution in [1.82, 2.24) is 4.90 Å². The van der Waals surface area contributed by atoms with Crippen LogP contribution in [-0.4, -0.2) is 24.1 Å². The summed E-state index contributed by atoms with van der Waals surface area (Å²) in [6.45, 7) is 9.01. The van der Waals surface area contributed by atoms with E-state index in [1.165, 1.54) is 11.8 Å². The molecule has 0 radical (unpaired) electrons. The summed E-state index contributed by atoms with van der Waals surface area (Å²) in [7, 11) is 1.56. The molecule has 0 aromatic heterocycles. The number of nitrogens with two attached hydrogens (primary N) is 1. The summed E-state index contributed by atoms with van der Waals surface area (Å²) in [5.74, 6) is 5.68. The lowest BCUT2D eigenvalue weighted by Crippen LogP contribution is -2.36. The minimum absolute atomic E-state index is 0.124. The molecule has 0 rings (SSSR count). The van der Waals surface area contributed by atoms with Gasteiger partial charge >= 0.3 is 0 Å². The van der Waals surface area contributed by atoms with E-state index < -0.39 is 0 Å². The number of carbonyl (C=O) groups excluding carboxylic acids is 1. The first-order chi connectivity index (χ1) is 8.47. The Labute approximate surface area is 109 Å². The predicted octanol–water partition coefficient (Wildman–Crippen LogP) is 1.99. The first-order valence-corrected chi connectivity index (χ1v) is 5.94. The predicted molar refractivity (Wildman–Crippen MR) is 73.1 cm³/mol. The fourth-order valence-electron chi connectivity index (χ4n) is 1.37. The maximum atomic E-state index is 11.6. The van der Waals surface area contributed by atoms with Gasteiger partial charge in [0.1, 0.15) is 6.23 Å². The van der Waals surface area contributed by atoms with Gasteiger partial charge in [-0.3, -0.25) is 9.69 Å². The van der Waals surface area contributed by atoms with E-state index in [0.717, 1.165) is 0 Å². The molecule has 1 amide bonds. The number of ether oxygens (including phenoxy) is 1. The summed E-state index contributed by atoms with van der Waals surface area (Å²) in [6, 6.07) is 0. The molecule has 100 valence electrons. The molecule has 0 unspecified atom stereocenters. The summed E-state index contributed by atoms with van der Waals surface area (Å²) in [4.78, 5) is 13.1. The van der Waals surface area contributed by atoms with Crippen LogP contribution in [0.2, 0.25) is 0 Å². The topological polar surface area (TPSA) is 55.6 Å². The first kappa shape index (κ1) is 16.3. The van der Waals surface area contributed by atoms with Crippen molar-refractivity contribution in [3.63, 3.8) is 0 Å². The van der Waals surface area contributed by atoms with Crippen molar-refractivity contribution in [2.45, 2.75) is 39.8 Å². The van der Waals surface area contributed by atoms with Gasteiger partial charge in [-0.2, -0.15) is 0 Å². The van der Waals surface area contributed by atoms with Crippen molar-refractivity contribution < 1.29 is 9.53 Å². The third kappa shape index (κ3) is 5.07. The highest BCUT2D eigenvalue weighted by atomic mass is 16.5. The highest BCUT2D eigenvalue weighted by Gasteiger charge is 2.17. The van der Waals surface area contributed by atoms with Gasteiger partial charge in [-0.05, 0) is 6.42 Å². The second kappa shape index (κ2) is 8.37. The number of hydrogen-bond donors (Lipinski definition) is 1. The smallest absolute Gasteiger partial charge is 0.225 e. The molecule has 1 atom stereocenters. The molecular weight excluding hydrogens is 228 g/mol. The molecule has 0 aromatic rings. The van der Waals surface area contributed by atoms with Gasteiger partial charge in [0.2, 0.25) is 5.91 Å². The Hall–Kier alpha value is -1.73. The molecule has 2 N–H and O–H groups in total. The molecule has 0 saturated carbocycles. The zero-order chi connectivity index (χ0) is 14.1. The standard InChI is InChI=1S/C14H22N2O2/c1-6-8-9-13(11(3)15)10-16(12(4)17)14(7-2)18-5/h10,14H,3,6-7,15H2,1-2,4-5H3/b13-10-/t14-/m1/s1. The van der Waals surface area contributed by atoms with Crippen LogP contribution >= 0.6 is 0 Å². The fourth-order valence-corrected chi connectivity index (χ4v) is 1.37. The Morgan fingerprint density at radius 1 is 1.56 bits per heavy atom. The van der Waals surface area contributed by atoms with Crippen molar-refractivity contribution in [3.05, 3.63) is 24.0 Å². The molecule has 0 aromatic carbocycles. The number of nitrogens with zero attached hydrogens (tertiary/aromatic N) is 1. The van der Waals surface area contributed by atoms with Gasteiger partial charge in [0, 0.05) is 32.4 Å². The van der Waals surface area contributed by atoms with Crippen LogP contribution < -0.4 is 5.73 Å². The van der Waals surface area contributed by atoms with Gasteiger partial charge in [0.05, 0.1) is 5.57 Å². The molecule has 0 aliphatic carbocycles. The van der Waals surface area contributed by atoms with Crippen molar-refractivity contribution in [1.29, 1.82) is 0 Å². The molecule has 0 aliphatic heterocycles. The van der Waals surface area contributed by atoms with E-state index in [-0.39, 0.29) is 12.1 Å². The first-order valence-electron chi connectivity index (χ1n) is 5.94. The highest BCUT2D eigenvalue weighted by molar-refractivity contribution is 5.75. The zero-order valence-electron chi connectivity index (χ0n) is 11.6. The molecule has 0 heterocycles. The van der Waals surface area contributed by atoms with E-state index in [9.17, 15) is 4.79 Å². The summed E-state index contributed by atoms with van der Waals surface area (Å²) in [5, 5.41) is 0. The molecule has 0 saturated heterocycles. The molecule has 18 heavy (non-hydrogen) atoms. The fraction of sp³-hybridized carbons (Fsp3) is 0.500. The largest absolute Gasteiger partial charge is 0.398 e. The van der Waals surface area contributed by atoms with Crippen LogP contribution in [0.1, 0.15) is 33.6 Å². The van der Waals surface area contributed by atoms with E-state index in [2.05, 4.69) is 18.4 Å². The number of methoxy groups -OCH3 is 1. The summed E-state index contributed by atoms with van der Waals surface area (Å²) >= 11 is 0. The molecule has 0 spiro atoms. The molecule has 0 aliphatic rings. The monoisotopic (exact) mass is 250 g/mol. The number of amides is 1. The quantitative estimate of drug-likeness (QED) is 0.461.